The van der Waals surface area contributed by atoms with Gasteiger partial charge in [0.15, 0.2) is 0 Å². The Labute approximate surface area is 93.2 Å². The van der Waals surface area contributed by atoms with Crippen LogP contribution in [0.5, 0.6) is 0 Å². The molecule has 0 aliphatic carbocycles. The topological polar surface area (TPSA) is 85.2 Å². The van der Waals surface area contributed by atoms with Crippen molar-refractivity contribution < 1.29 is 4.79 Å². The molecule has 0 fully saturated rings. The average Bonchev–Trinajstić information content (AvgIpc) is 2.58. The molecule has 1 aromatic heterocycles. The first-order chi connectivity index (χ1) is 7.13. The predicted octanol–water partition coefficient (Wildman–Crippen LogP) is 0.817. The van der Waals surface area contributed by atoms with Crippen molar-refractivity contribution >= 4 is 28.3 Å². The van der Waals surface area contributed by atoms with Crippen LogP contribution in [0.4, 0.5) is 10.8 Å². The lowest BCUT2D eigenvalue weighted by molar-refractivity contribution is -0.116. The van der Waals surface area contributed by atoms with Gasteiger partial charge in [-0.05, 0) is 18.0 Å². The molecule has 0 aromatic carbocycles. The maximum Gasteiger partial charge on any atom is 0.236 e. The number of carbonyl (C=O) groups is 1. The summed E-state index contributed by atoms with van der Waals surface area (Å²) in [5.74, 6) is 0.152. The zero-order chi connectivity index (χ0) is 11.3. The molecule has 0 saturated heterocycles. The lowest BCUT2D eigenvalue weighted by Gasteiger charge is -2.20. The van der Waals surface area contributed by atoms with Crippen LogP contribution in [-0.2, 0) is 4.79 Å². The zero-order valence-corrected chi connectivity index (χ0v) is 9.59. The SMILES string of the molecule is CCCCN(CC(N)=O)c1cc(N)ns1. The summed E-state index contributed by atoms with van der Waals surface area (Å²) in [4.78, 5) is 12.8. The van der Waals surface area contributed by atoms with Gasteiger partial charge < -0.3 is 16.4 Å². The van der Waals surface area contributed by atoms with E-state index < -0.39 is 0 Å². The summed E-state index contributed by atoms with van der Waals surface area (Å²) < 4.78 is 3.98. The number of nitrogen functional groups attached to an aromatic ring is 1. The molecule has 0 bridgehead atoms. The van der Waals surface area contributed by atoms with Crippen LogP contribution in [0.3, 0.4) is 0 Å². The highest BCUT2D eigenvalue weighted by atomic mass is 32.1. The zero-order valence-electron chi connectivity index (χ0n) is 8.77. The molecule has 84 valence electrons. The summed E-state index contributed by atoms with van der Waals surface area (Å²) in [6.07, 6.45) is 2.09. The van der Waals surface area contributed by atoms with E-state index in [1.807, 2.05) is 4.90 Å². The molecule has 0 aliphatic rings. The monoisotopic (exact) mass is 228 g/mol. The van der Waals surface area contributed by atoms with E-state index in [1.54, 1.807) is 6.07 Å². The highest BCUT2D eigenvalue weighted by molar-refractivity contribution is 7.10. The normalized spacial score (nSPS) is 10.2. The lowest BCUT2D eigenvalue weighted by atomic mass is 10.3. The van der Waals surface area contributed by atoms with Crippen LogP contribution in [-0.4, -0.2) is 23.4 Å². The van der Waals surface area contributed by atoms with E-state index in [1.165, 1.54) is 11.5 Å². The number of carbonyl (C=O) groups excluding carboxylic acids is 1. The van der Waals surface area contributed by atoms with Crippen molar-refractivity contribution in [2.24, 2.45) is 5.73 Å². The number of hydrogen-bond acceptors (Lipinski definition) is 5. The second-order valence-corrected chi connectivity index (χ2v) is 4.11. The summed E-state index contributed by atoms with van der Waals surface area (Å²) in [6.45, 7) is 3.13. The fourth-order valence-electron chi connectivity index (χ4n) is 1.23. The van der Waals surface area contributed by atoms with Gasteiger partial charge >= 0.3 is 0 Å². The quantitative estimate of drug-likeness (QED) is 0.754. The number of amides is 1. The molecule has 0 spiro atoms. The van der Waals surface area contributed by atoms with Crippen LogP contribution >= 0.6 is 11.5 Å². The number of rotatable bonds is 6. The summed E-state index contributed by atoms with van der Waals surface area (Å²) in [5.41, 5.74) is 10.7. The van der Waals surface area contributed by atoms with Crippen molar-refractivity contribution in [2.75, 3.05) is 23.7 Å². The van der Waals surface area contributed by atoms with Gasteiger partial charge in [-0.15, -0.1) is 0 Å². The van der Waals surface area contributed by atoms with Crippen molar-refractivity contribution in [1.29, 1.82) is 0 Å². The first kappa shape index (κ1) is 11.8. The van der Waals surface area contributed by atoms with Gasteiger partial charge in [0.2, 0.25) is 5.91 Å². The smallest absolute Gasteiger partial charge is 0.236 e. The molecule has 1 heterocycles. The van der Waals surface area contributed by atoms with Crippen LogP contribution in [0.2, 0.25) is 0 Å². The second-order valence-electron chi connectivity index (χ2n) is 3.33. The van der Waals surface area contributed by atoms with E-state index in [9.17, 15) is 4.79 Å². The van der Waals surface area contributed by atoms with Crippen molar-refractivity contribution in [2.45, 2.75) is 19.8 Å². The second kappa shape index (κ2) is 5.55. The predicted molar refractivity (Wildman–Crippen MR) is 62.8 cm³/mol. The molecular weight excluding hydrogens is 212 g/mol. The summed E-state index contributed by atoms with van der Waals surface area (Å²) in [5, 5.41) is 0.903. The molecule has 1 amide bonds. The van der Waals surface area contributed by atoms with E-state index in [4.69, 9.17) is 11.5 Å². The standard InChI is InChI=1S/C9H16N4OS/c1-2-3-4-13(6-8(11)14)9-5-7(10)12-15-9/h5H,2-4,6H2,1H3,(H2,10,12)(H2,11,14). The number of nitrogens with two attached hydrogens (primary N) is 2. The largest absolute Gasteiger partial charge is 0.383 e. The van der Waals surface area contributed by atoms with Gasteiger partial charge in [0.25, 0.3) is 0 Å². The van der Waals surface area contributed by atoms with Crippen LogP contribution in [0.1, 0.15) is 19.8 Å². The Hall–Kier alpha value is -1.30. The maximum absolute atomic E-state index is 10.9. The van der Waals surface area contributed by atoms with E-state index in [-0.39, 0.29) is 12.5 Å². The Morgan fingerprint density at radius 3 is 2.87 bits per heavy atom. The fourth-order valence-corrected chi connectivity index (χ4v) is 1.93. The Balaban J connectivity index is 2.66. The molecule has 15 heavy (non-hydrogen) atoms. The maximum atomic E-state index is 10.9. The van der Waals surface area contributed by atoms with E-state index in [0.29, 0.717) is 5.82 Å². The van der Waals surface area contributed by atoms with Gasteiger partial charge in [-0.1, -0.05) is 13.3 Å². The first-order valence-corrected chi connectivity index (χ1v) is 5.66. The van der Waals surface area contributed by atoms with Crippen molar-refractivity contribution in [1.82, 2.24) is 4.37 Å². The van der Waals surface area contributed by atoms with Crippen LogP contribution < -0.4 is 16.4 Å². The lowest BCUT2D eigenvalue weighted by Crippen LogP contribution is -2.34. The van der Waals surface area contributed by atoms with Crippen LogP contribution in [0.15, 0.2) is 6.07 Å². The third-order valence-corrected chi connectivity index (χ3v) is 2.82. The van der Waals surface area contributed by atoms with Crippen molar-refractivity contribution in [3.05, 3.63) is 6.07 Å². The molecule has 6 heteroatoms. The van der Waals surface area contributed by atoms with Gasteiger partial charge in [0.05, 0.1) is 6.54 Å². The first-order valence-electron chi connectivity index (χ1n) is 4.89. The molecule has 1 aromatic rings. The third kappa shape index (κ3) is 3.75. The number of nitrogens with zero attached hydrogens (tertiary/aromatic N) is 2. The van der Waals surface area contributed by atoms with Gasteiger partial charge in [0.1, 0.15) is 10.8 Å². The molecular formula is C9H16N4OS. The minimum atomic E-state index is -0.335. The van der Waals surface area contributed by atoms with Crippen molar-refractivity contribution in [3.8, 4) is 0 Å². The molecule has 0 aliphatic heterocycles. The highest BCUT2D eigenvalue weighted by Gasteiger charge is 2.11. The van der Waals surface area contributed by atoms with Crippen molar-refractivity contribution in [3.63, 3.8) is 0 Å². The number of anilines is 2. The summed E-state index contributed by atoms with van der Waals surface area (Å²) in [6, 6.07) is 1.77. The molecule has 0 atom stereocenters. The molecule has 1 rings (SSSR count). The van der Waals surface area contributed by atoms with Crippen LogP contribution in [0, 0.1) is 0 Å². The Kier molecular flexibility index (Phi) is 4.36. The molecule has 0 saturated carbocycles. The Morgan fingerprint density at radius 2 is 2.40 bits per heavy atom. The van der Waals surface area contributed by atoms with Crippen LogP contribution in [0.25, 0.3) is 0 Å². The number of hydrogen-bond donors (Lipinski definition) is 2. The Morgan fingerprint density at radius 1 is 1.67 bits per heavy atom. The minimum absolute atomic E-state index is 0.224. The van der Waals surface area contributed by atoms with E-state index in [0.717, 1.165) is 24.4 Å². The number of unbranched alkanes of at least 4 members (excludes halogenated alkanes) is 1. The molecule has 4 N–H and O–H groups in total. The number of primary amides is 1. The summed E-state index contributed by atoms with van der Waals surface area (Å²) in [7, 11) is 0. The molecule has 5 nitrogen and oxygen atoms in total. The minimum Gasteiger partial charge on any atom is -0.383 e. The van der Waals surface area contributed by atoms with Gasteiger partial charge in [0, 0.05) is 12.6 Å². The average molecular weight is 228 g/mol. The Bertz CT molecular complexity index is 326. The third-order valence-electron chi connectivity index (χ3n) is 1.96. The van der Waals surface area contributed by atoms with E-state index in [2.05, 4.69) is 11.3 Å². The molecule has 0 unspecified atom stereocenters. The van der Waals surface area contributed by atoms with Gasteiger partial charge in [-0.2, -0.15) is 4.37 Å². The van der Waals surface area contributed by atoms with Gasteiger partial charge in [-0.25, -0.2) is 0 Å². The fraction of sp³-hybridized carbons (Fsp3) is 0.556. The van der Waals surface area contributed by atoms with Gasteiger partial charge in [-0.3, -0.25) is 4.79 Å². The number of aromatic nitrogens is 1. The summed E-state index contributed by atoms with van der Waals surface area (Å²) >= 11 is 1.29. The highest BCUT2D eigenvalue weighted by Crippen LogP contribution is 2.22. The van der Waals surface area contributed by atoms with E-state index >= 15 is 0 Å². The molecule has 0 radical (unpaired) electrons.